The fourth-order valence-electron chi connectivity index (χ4n) is 2.88. The van der Waals surface area contributed by atoms with Gasteiger partial charge in [-0.15, -0.1) is 0 Å². The lowest BCUT2D eigenvalue weighted by Gasteiger charge is -2.34. The van der Waals surface area contributed by atoms with Gasteiger partial charge in [-0.05, 0) is 51.4 Å². The van der Waals surface area contributed by atoms with Crippen LogP contribution in [-0.4, -0.2) is 49.9 Å². The first-order chi connectivity index (χ1) is 10.0. The summed E-state index contributed by atoms with van der Waals surface area (Å²) < 4.78 is 24.5. The lowest BCUT2D eigenvalue weighted by molar-refractivity contribution is 0.0906. The van der Waals surface area contributed by atoms with Crippen LogP contribution in [0.15, 0.2) is 29.2 Å². The number of aliphatic hydroxyl groups is 1. The number of benzene rings is 1. The molecule has 1 aromatic rings. The molecule has 1 unspecified atom stereocenters. The third-order valence-corrected chi connectivity index (χ3v) is 6.01. The van der Waals surface area contributed by atoms with Gasteiger partial charge in [0, 0.05) is 6.04 Å². The van der Waals surface area contributed by atoms with Crippen molar-refractivity contribution in [3.63, 3.8) is 0 Å². The number of hydrogen-bond acceptors (Lipinski definition) is 4. The number of aliphatic hydroxyl groups excluding tert-OH is 1. The minimum atomic E-state index is -3.19. The molecule has 2 rings (SSSR count). The Balaban J connectivity index is 1.88. The van der Waals surface area contributed by atoms with Crippen molar-refractivity contribution in [3.05, 3.63) is 29.8 Å². The van der Waals surface area contributed by atoms with E-state index >= 15 is 0 Å². The van der Waals surface area contributed by atoms with Gasteiger partial charge in [0.1, 0.15) is 0 Å². The lowest BCUT2D eigenvalue weighted by Crippen LogP contribution is -2.42. The first kappa shape index (κ1) is 16.5. The summed E-state index contributed by atoms with van der Waals surface area (Å²) in [6.45, 7) is 3.83. The van der Waals surface area contributed by atoms with Crippen LogP contribution in [0.3, 0.4) is 0 Å². The number of hydrogen-bond donors (Lipinski definition) is 1. The molecule has 0 aromatic heterocycles. The molecule has 0 spiro atoms. The van der Waals surface area contributed by atoms with E-state index < -0.39 is 9.84 Å². The molecule has 0 bridgehead atoms. The Morgan fingerprint density at radius 2 is 1.95 bits per heavy atom. The summed E-state index contributed by atoms with van der Waals surface area (Å²) in [5.41, 5.74) is 1.06. The minimum Gasteiger partial charge on any atom is -0.395 e. The topological polar surface area (TPSA) is 57.6 Å². The van der Waals surface area contributed by atoms with Gasteiger partial charge in [0.2, 0.25) is 0 Å². The second kappa shape index (κ2) is 7.38. The monoisotopic (exact) mass is 311 g/mol. The van der Waals surface area contributed by atoms with Crippen molar-refractivity contribution in [2.45, 2.75) is 43.5 Å². The normalized spacial score (nSPS) is 20.6. The summed E-state index contributed by atoms with van der Waals surface area (Å²) in [6, 6.07) is 7.24. The van der Waals surface area contributed by atoms with Gasteiger partial charge in [-0.25, -0.2) is 8.42 Å². The van der Waals surface area contributed by atoms with Gasteiger partial charge in [0.15, 0.2) is 9.84 Å². The second-order valence-electron chi connectivity index (χ2n) is 5.85. The van der Waals surface area contributed by atoms with E-state index in [0.717, 1.165) is 37.9 Å². The molecule has 1 atom stereocenters. The van der Waals surface area contributed by atoms with E-state index in [1.54, 1.807) is 12.1 Å². The molecule has 0 saturated carbocycles. The quantitative estimate of drug-likeness (QED) is 0.873. The Bertz CT molecular complexity index is 539. The Morgan fingerprint density at radius 3 is 2.62 bits per heavy atom. The Kier molecular flexibility index (Phi) is 5.79. The second-order valence-corrected chi connectivity index (χ2v) is 7.96. The number of nitrogens with zero attached hydrogens (tertiary/aromatic N) is 1. The average molecular weight is 311 g/mol. The van der Waals surface area contributed by atoms with Crippen LogP contribution in [-0.2, 0) is 9.84 Å². The van der Waals surface area contributed by atoms with Crippen molar-refractivity contribution in [3.8, 4) is 0 Å². The van der Waals surface area contributed by atoms with Gasteiger partial charge in [-0.2, -0.15) is 0 Å². The molecule has 21 heavy (non-hydrogen) atoms. The van der Waals surface area contributed by atoms with Crippen LogP contribution in [0.1, 0.15) is 31.2 Å². The highest BCUT2D eigenvalue weighted by Crippen LogP contribution is 2.18. The molecule has 1 aromatic carbocycles. The molecular formula is C16H25NO3S. The summed E-state index contributed by atoms with van der Waals surface area (Å²) in [7, 11) is -3.19. The molecule has 1 saturated heterocycles. The zero-order valence-corrected chi connectivity index (χ0v) is 13.5. The molecule has 1 fully saturated rings. The molecule has 1 heterocycles. The molecular weight excluding hydrogens is 286 g/mol. The minimum absolute atomic E-state index is 0.171. The molecule has 0 aliphatic carbocycles. The van der Waals surface area contributed by atoms with Crippen molar-refractivity contribution in [1.29, 1.82) is 0 Å². The lowest BCUT2D eigenvalue weighted by atomic mass is 10.0. The van der Waals surface area contributed by atoms with E-state index in [1.807, 2.05) is 19.1 Å². The molecule has 1 N–H and O–H groups in total. The molecule has 0 radical (unpaired) electrons. The number of piperidine rings is 1. The summed E-state index contributed by atoms with van der Waals surface area (Å²) >= 11 is 0. The van der Waals surface area contributed by atoms with Crippen LogP contribution in [0.5, 0.6) is 0 Å². The molecule has 118 valence electrons. The highest BCUT2D eigenvalue weighted by molar-refractivity contribution is 7.91. The molecule has 5 heteroatoms. The van der Waals surface area contributed by atoms with Crippen molar-refractivity contribution < 1.29 is 13.5 Å². The Morgan fingerprint density at radius 1 is 1.24 bits per heavy atom. The van der Waals surface area contributed by atoms with Crippen molar-refractivity contribution in [2.75, 3.05) is 25.4 Å². The first-order valence-electron chi connectivity index (χ1n) is 7.67. The standard InChI is InChI=1S/C16H25NO3S/c1-14-6-8-16(9-7-14)21(19,20)12-4-11-17-10-3-2-5-15(17)13-18/h6-9,15,18H,2-5,10-13H2,1H3. The highest BCUT2D eigenvalue weighted by Gasteiger charge is 2.22. The number of likely N-dealkylation sites (tertiary alicyclic amines) is 1. The van der Waals surface area contributed by atoms with E-state index in [-0.39, 0.29) is 18.4 Å². The summed E-state index contributed by atoms with van der Waals surface area (Å²) in [6.07, 6.45) is 3.93. The summed E-state index contributed by atoms with van der Waals surface area (Å²) in [5, 5.41) is 9.36. The fraction of sp³-hybridized carbons (Fsp3) is 0.625. The van der Waals surface area contributed by atoms with Crippen molar-refractivity contribution >= 4 is 9.84 Å². The first-order valence-corrected chi connectivity index (χ1v) is 9.32. The van der Waals surface area contributed by atoms with Crippen LogP contribution in [0.4, 0.5) is 0 Å². The van der Waals surface area contributed by atoms with E-state index in [4.69, 9.17) is 0 Å². The van der Waals surface area contributed by atoms with Gasteiger partial charge >= 0.3 is 0 Å². The molecule has 0 amide bonds. The zero-order valence-electron chi connectivity index (χ0n) is 12.7. The zero-order chi connectivity index (χ0) is 15.3. The van der Waals surface area contributed by atoms with Gasteiger partial charge in [-0.1, -0.05) is 24.1 Å². The summed E-state index contributed by atoms with van der Waals surface area (Å²) in [4.78, 5) is 2.64. The van der Waals surface area contributed by atoms with E-state index in [1.165, 1.54) is 0 Å². The maximum absolute atomic E-state index is 12.3. The number of sulfone groups is 1. The number of rotatable bonds is 6. The third-order valence-electron chi connectivity index (χ3n) is 4.20. The smallest absolute Gasteiger partial charge is 0.178 e. The third kappa shape index (κ3) is 4.53. The van der Waals surface area contributed by atoms with Crippen LogP contribution in [0, 0.1) is 6.92 Å². The predicted molar refractivity (Wildman–Crippen MR) is 84.1 cm³/mol. The maximum atomic E-state index is 12.3. The van der Waals surface area contributed by atoms with E-state index in [0.29, 0.717) is 11.3 Å². The summed E-state index contributed by atoms with van der Waals surface area (Å²) in [5.74, 6) is 0.171. The number of aryl methyl sites for hydroxylation is 1. The van der Waals surface area contributed by atoms with Gasteiger partial charge in [-0.3, -0.25) is 4.90 Å². The predicted octanol–water partition coefficient (Wildman–Crippen LogP) is 2.01. The van der Waals surface area contributed by atoms with Crippen LogP contribution in [0.2, 0.25) is 0 Å². The molecule has 1 aliphatic rings. The maximum Gasteiger partial charge on any atom is 0.178 e. The van der Waals surface area contributed by atoms with Crippen molar-refractivity contribution in [2.24, 2.45) is 0 Å². The van der Waals surface area contributed by atoms with Gasteiger partial charge in [0.25, 0.3) is 0 Å². The average Bonchev–Trinajstić information content (AvgIpc) is 2.48. The SMILES string of the molecule is Cc1ccc(S(=O)(=O)CCCN2CCCCC2CO)cc1. The largest absolute Gasteiger partial charge is 0.395 e. The van der Waals surface area contributed by atoms with Gasteiger partial charge < -0.3 is 5.11 Å². The van der Waals surface area contributed by atoms with E-state index in [9.17, 15) is 13.5 Å². The highest BCUT2D eigenvalue weighted by atomic mass is 32.2. The molecule has 1 aliphatic heterocycles. The van der Waals surface area contributed by atoms with Crippen LogP contribution >= 0.6 is 0 Å². The molecule has 4 nitrogen and oxygen atoms in total. The Hall–Kier alpha value is -0.910. The van der Waals surface area contributed by atoms with Crippen LogP contribution in [0.25, 0.3) is 0 Å². The van der Waals surface area contributed by atoms with Gasteiger partial charge in [0.05, 0.1) is 17.3 Å². The Labute approximate surface area is 127 Å². The van der Waals surface area contributed by atoms with Crippen molar-refractivity contribution in [1.82, 2.24) is 4.90 Å². The van der Waals surface area contributed by atoms with Crippen LogP contribution < -0.4 is 0 Å². The van der Waals surface area contributed by atoms with E-state index in [2.05, 4.69) is 4.90 Å². The fourth-order valence-corrected chi connectivity index (χ4v) is 4.18.